The highest BCUT2D eigenvalue weighted by Crippen LogP contribution is 2.38. The zero-order valence-corrected chi connectivity index (χ0v) is 17.3. The maximum atomic E-state index is 14.3. The van der Waals surface area contributed by atoms with E-state index in [1.165, 1.54) is 24.3 Å². The molecule has 1 aliphatic heterocycles. The molecule has 4 aromatic rings. The van der Waals surface area contributed by atoms with Gasteiger partial charge in [0.05, 0.1) is 16.8 Å². The highest BCUT2D eigenvalue weighted by Gasteiger charge is 2.34. The second kappa shape index (κ2) is 7.84. The van der Waals surface area contributed by atoms with Gasteiger partial charge in [0.25, 0.3) is 0 Å². The number of halogens is 4. The van der Waals surface area contributed by atoms with E-state index in [4.69, 9.17) is 0 Å². The molecule has 0 radical (unpaired) electrons. The Kier molecular flexibility index (Phi) is 4.96. The first-order valence-corrected chi connectivity index (χ1v) is 10.1. The number of fused-ring (bicyclic) bond motifs is 2. The van der Waals surface area contributed by atoms with E-state index in [1.807, 2.05) is 6.92 Å². The van der Waals surface area contributed by atoms with Crippen LogP contribution in [0, 0.1) is 5.82 Å². The summed E-state index contributed by atoms with van der Waals surface area (Å²) < 4.78 is 55.3. The summed E-state index contributed by atoms with van der Waals surface area (Å²) in [5, 5.41) is 6.25. The van der Waals surface area contributed by atoms with Gasteiger partial charge in [-0.05, 0) is 36.8 Å². The maximum absolute atomic E-state index is 14.3. The standard InChI is InChI=1S/C24H17F4N5/c1-13-12-30-20-15(7-4-9-17(20)25)19(13)32-23-21-18(10-5-11-29-21)31-22(33-23)14-6-2-3-8-16(14)24(26,27)28/h2-11,30H,12H2,1H3,(H,31,32,33). The highest BCUT2D eigenvalue weighted by molar-refractivity contribution is 5.94. The SMILES string of the molecule is CC1=C(Nc2nc(-c3ccccc3C(F)(F)F)nc3cccnc23)c2cccc(F)c2NC1. The van der Waals surface area contributed by atoms with E-state index in [9.17, 15) is 17.6 Å². The van der Waals surface area contributed by atoms with E-state index >= 15 is 0 Å². The van der Waals surface area contributed by atoms with Crippen LogP contribution < -0.4 is 10.6 Å². The highest BCUT2D eigenvalue weighted by atomic mass is 19.4. The summed E-state index contributed by atoms with van der Waals surface area (Å²) in [5.74, 6) is -0.249. The number of hydrogen-bond donors (Lipinski definition) is 2. The Hall–Kier alpha value is -4.01. The van der Waals surface area contributed by atoms with Gasteiger partial charge < -0.3 is 10.6 Å². The number of benzene rings is 2. The number of nitrogens with one attached hydrogen (secondary N) is 2. The van der Waals surface area contributed by atoms with Crippen LogP contribution in [-0.4, -0.2) is 21.5 Å². The zero-order chi connectivity index (χ0) is 23.2. The van der Waals surface area contributed by atoms with Crippen LogP contribution in [0.25, 0.3) is 28.1 Å². The molecule has 0 amide bonds. The number of rotatable bonds is 3. The summed E-state index contributed by atoms with van der Waals surface area (Å²) in [6, 6.07) is 13.2. The Bertz CT molecular complexity index is 1410. The molecule has 0 saturated heterocycles. The van der Waals surface area contributed by atoms with Crippen molar-refractivity contribution >= 4 is 28.2 Å². The molecule has 2 aromatic heterocycles. The Morgan fingerprint density at radius 2 is 1.73 bits per heavy atom. The van der Waals surface area contributed by atoms with Crippen LogP contribution in [0.15, 0.2) is 66.4 Å². The van der Waals surface area contributed by atoms with Crippen molar-refractivity contribution in [1.29, 1.82) is 0 Å². The molecular weight excluding hydrogens is 434 g/mol. The predicted molar refractivity (Wildman–Crippen MR) is 119 cm³/mol. The fourth-order valence-corrected chi connectivity index (χ4v) is 3.84. The van der Waals surface area contributed by atoms with Crippen molar-refractivity contribution in [2.45, 2.75) is 13.1 Å². The molecule has 0 unspecified atom stereocenters. The molecule has 1 aliphatic rings. The third-order valence-corrected chi connectivity index (χ3v) is 5.41. The van der Waals surface area contributed by atoms with Gasteiger partial charge in [-0.3, -0.25) is 4.98 Å². The third-order valence-electron chi connectivity index (χ3n) is 5.41. The second-order valence-electron chi connectivity index (χ2n) is 7.61. The van der Waals surface area contributed by atoms with Crippen molar-refractivity contribution in [3.63, 3.8) is 0 Å². The lowest BCUT2D eigenvalue weighted by Crippen LogP contribution is -2.18. The van der Waals surface area contributed by atoms with E-state index < -0.39 is 17.6 Å². The molecule has 2 N–H and O–H groups in total. The van der Waals surface area contributed by atoms with E-state index in [0.717, 1.165) is 11.6 Å². The lowest BCUT2D eigenvalue weighted by Gasteiger charge is -2.24. The number of hydrogen-bond acceptors (Lipinski definition) is 5. The summed E-state index contributed by atoms with van der Waals surface area (Å²) in [5.41, 5.74) is 2.25. The van der Waals surface area contributed by atoms with Crippen LogP contribution >= 0.6 is 0 Å². The second-order valence-corrected chi connectivity index (χ2v) is 7.61. The molecule has 5 nitrogen and oxygen atoms in total. The number of aromatic nitrogens is 3. The Balaban J connectivity index is 1.69. The molecule has 5 rings (SSSR count). The first-order valence-electron chi connectivity index (χ1n) is 10.1. The summed E-state index contributed by atoms with van der Waals surface area (Å²) in [6.07, 6.45) is -3.01. The summed E-state index contributed by atoms with van der Waals surface area (Å²) in [7, 11) is 0. The molecule has 0 spiro atoms. The van der Waals surface area contributed by atoms with Crippen molar-refractivity contribution in [1.82, 2.24) is 15.0 Å². The van der Waals surface area contributed by atoms with Crippen molar-refractivity contribution in [3.05, 3.63) is 83.3 Å². The molecule has 2 aromatic carbocycles. The van der Waals surface area contributed by atoms with Crippen LogP contribution in [0.5, 0.6) is 0 Å². The fourth-order valence-electron chi connectivity index (χ4n) is 3.84. The number of alkyl halides is 3. The van der Waals surface area contributed by atoms with E-state index in [-0.39, 0.29) is 17.2 Å². The molecule has 0 aliphatic carbocycles. The van der Waals surface area contributed by atoms with Crippen LogP contribution in [-0.2, 0) is 6.18 Å². The predicted octanol–water partition coefficient (Wildman–Crippen LogP) is 6.12. The van der Waals surface area contributed by atoms with E-state index in [0.29, 0.717) is 34.5 Å². The minimum atomic E-state index is -4.57. The zero-order valence-electron chi connectivity index (χ0n) is 17.3. The maximum Gasteiger partial charge on any atom is 0.417 e. The number of pyridine rings is 1. The largest absolute Gasteiger partial charge is 0.417 e. The van der Waals surface area contributed by atoms with E-state index in [2.05, 4.69) is 25.6 Å². The van der Waals surface area contributed by atoms with Crippen LogP contribution in [0.1, 0.15) is 18.1 Å². The van der Waals surface area contributed by atoms with Crippen molar-refractivity contribution < 1.29 is 17.6 Å². The first-order chi connectivity index (χ1) is 15.8. The minimum Gasteiger partial charge on any atom is -0.378 e. The van der Waals surface area contributed by atoms with Crippen LogP contribution in [0.2, 0.25) is 0 Å². The molecule has 9 heteroatoms. The molecule has 0 fully saturated rings. The molecule has 0 atom stereocenters. The Labute approximate surface area is 186 Å². The van der Waals surface area contributed by atoms with Gasteiger partial charge in [-0.1, -0.05) is 30.3 Å². The van der Waals surface area contributed by atoms with Crippen molar-refractivity contribution in [2.24, 2.45) is 0 Å². The van der Waals surface area contributed by atoms with Crippen LogP contribution in [0.3, 0.4) is 0 Å². The van der Waals surface area contributed by atoms with Crippen molar-refractivity contribution in [2.75, 3.05) is 17.2 Å². The quantitative estimate of drug-likeness (QED) is 0.368. The third kappa shape index (κ3) is 3.75. The summed E-state index contributed by atoms with van der Waals surface area (Å²) in [4.78, 5) is 13.1. The monoisotopic (exact) mass is 451 g/mol. The number of nitrogens with zero attached hydrogens (tertiary/aromatic N) is 3. The molecule has 0 saturated carbocycles. The van der Waals surface area contributed by atoms with Gasteiger partial charge in [-0.2, -0.15) is 13.2 Å². The van der Waals surface area contributed by atoms with Gasteiger partial charge in [0, 0.05) is 29.6 Å². The van der Waals surface area contributed by atoms with Gasteiger partial charge in [-0.15, -0.1) is 0 Å². The molecule has 0 bridgehead atoms. The smallest absolute Gasteiger partial charge is 0.378 e. The van der Waals surface area contributed by atoms with Gasteiger partial charge in [0.1, 0.15) is 11.3 Å². The summed E-state index contributed by atoms with van der Waals surface area (Å²) >= 11 is 0. The fraction of sp³-hybridized carbons (Fsp3) is 0.125. The molecule has 166 valence electrons. The first kappa shape index (κ1) is 20.9. The number of anilines is 2. The Morgan fingerprint density at radius 1 is 0.939 bits per heavy atom. The van der Waals surface area contributed by atoms with Gasteiger partial charge in [-0.25, -0.2) is 14.4 Å². The molecular formula is C24H17F4N5. The average Bonchev–Trinajstić information content (AvgIpc) is 2.80. The lowest BCUT2D eigenvalue weighted by molar-refractivity contribution is -0.137. The van der Waals surface area contributed by atoms with Gasteiger partial charge in [0.15, 0.2) is 11.6 Å². The van der Waals surface area contributed by atoms with E-state index in [1.54, 1.807) is 30.5 Å². The van der Waals surface area contributed by atoms with Gasteiger partial charge >= 0.3 is 6.18 Å². The Morgan fingerprint density at radius 3 is 2.55 bits per heavy atom. The summed E-state index contributed by atoms with van der Waals surface area (Å²) in [6.45, 7) is 2.27. The van der Waals surface area contributed by atoms with Gasteiger partial charge in [0.2, 0.25) is 0 Å². The van der Waals surface area contributed by atoms with Crippen LogP contribution in [0.4, 0.5) is 29.1 Å². The average molecular weight is 451 g/mol. The minimum absolute atomic E-state index is 0.0856. The normalized spacial score (nSPS) is 13.6. The molecule has 3 heterocycles. The topological polar surface area (TPSA) is 62.7 Å². The lowest BCUT2D eigenvalue weighted by atomic mass is 10.0. The molecule has 33 heavy (non-hydrogen) atoms. The number of para-hydroxylation sites is 1. The van der Waals surface area contributed by atoms with Crippen molar-refractivity contribution in [3.8, 4) is 11.4 Å².